The van der Waals surface area contributed by atoms with Gasteiger partial charge in [-0.15, -0.1) is 0 Å². The van der Waals surface area contributed by atoms with Crippen LogP contribution in [0, 0.1) is 0 Å². The van der Waals surface area contributed by atoms with Gasteiger partial charge in [0.05, 0.1) is 5.69 Å². The molecule has 1 aliphatic rings. The van der Waals surface area contributed by atoms with E-state index in [0.29, 0.717) is 20.8 Å². The fraction of sp³-hybridized carbons (Fsp3) is 0.0909. The van der Waals surface area contributed by atoms with Crippen LogP contribution in [0.3, 0.4) is 0 Å². The van der Waals surface area contributed by atoms with Gasteiger partial charge >= 0.3 is 0 Å². The van der Waals surface area contributed by atoms with Gasteiger partial charge in [0, 0.05) is 21.1 Å². The first-order valence-electron chi connectivity index (χ1n) is 4.52. The van der Waals surface area contributed by atoms with Crippen molar-refractivity contribution in [3.8, 4) is 0 Å². The molecule has 1 aromatic rings. The molecule has 1 aliphatic heterocycles. The Morgan fingerprint density at radius 2 is 2.00 bits per heavy atom. The second-order valence-corrected chi connectivity index (χ2v) is 4.69. The number of amides is 2. The first-order valence-corrected chi connectivity index (χ1v) is 5.69. The van der Waals surface area contributed by atoms with Crippen LogP contribution in [0.4, 0.5) is 5.69 Å². The van der Waals surface area contributed by atoms with Crippen LogP contribution in [0.2, 0.25) is 5.02 Å². The Balaban J connectivity index is 2.50. The molecule has 0 saturated carbocycles. The highest BCUT2D eigenvalue weighted by Gasteiger charge is 2.31. The van der Waals surface area contributed by atoms with E-state index in [1.807, 2.05) is 0 Å². The quantitative estimate of drug-likeness (QED) is 0.748. The highest BCUT2D eigenvalue weighted by Crippen LogP contribution is 2.32. The fourth-order valence-electron chi connectivity index (χ4n) is 1.47. The van der Waals surface area contributed by atoms with E-state index in [9.17, 15) is 9.59 Å². The lowest BCUT2D eigenvalue weighted by atomic mass is 10.3. The number of nitrogens with zero attached hydrogens (tertiary/aromatic N) is 1. The van der Waals surface area contributed by atoms with Crippen LogP contribution in [0.15, 0.2) is 34.3 Å². The fourth-order valence-corrected chi connectivity index (χ4v) is 2.06. The first-order chi connectivity index (χ1) is 7.50. The zero-order valence-electron chi connectivity index (χ0n) is 8.33. The molecule has 3 nitrogen and oxygen atoms in total. The molecule has 0 bridgehead atoms. The zero-order valence-corrected chi connectivity index (χ0v) is 10.7. The minimum atomic E-state index is -0.342. The number of anilines is 1. The second kappa shape index (κ2) is 4.03. The molecule has 0 unspecified atom stereocenters. The van der Waals surface area contributed by atoms with Crippen molar-refractivity contribution >= 4 is 45.0 Å². The number of hydrogen-bond acceptors (Lipinski definition) is 2. The first kappa shape index (κ1) is 11.4. The number of halogens is 2. The predicted octanol–water partition coefficient (Wildman–Crippen LogP) is 2.92. The summed E-state index contributed by atoms with van der Waals surface area (Å²) in [5.41, 5.74) is 0.896. The normalized spacial score (nSPS) is 15.7. The lowest BCUT2D eigenvalue weighted by Crippen LogP contribution is -2.30. The van der Waals surface area contributed by atoms with Gasteiger partial charge < -0.3 is 0 Å². The highest BCUT2D eigenvalue weighted by molar-refractivity contribution is 9.10. The third kappa shape index (κ3) is 1.79. The van der Waals surface area contributed by atoms with Crippen molar-refractivity contribution in [1.29, 1.82) is 0 Å². The number of carbonyl (C=O) groups is 2. The number of benzene rings is 1. The summed E-state index contributed by atoms with van der Waals surface area (Å²) in [6.07, 6.45) is 1.32. The Labute approximate surface area is 106 Å². The highest BCUT2D eigenvalue weighted by atomic mass is 79.9. The molecular weight excluding hydrogens is 293 g/mol. The average Bonchev–Trinajstić information content (AvgIpc) is 2.46. The summed E-state index contributed by atoms with van der Waals surface area (Å²) in [5.74, 6) is -0.654. The van der Waals surface area contributed by atoms with E-state index >= 15 is 0 Å². The number of carbonyl (C=O) groups excluding carboxylic acids is 2. The molecule has 0 atom stereocenters. The SMILES string of the molecule is CC1=CC(=O)N(c2cc(Cl)ccc2Br)C1=O. The Hall–Kier alpha value is -1.13. The molecule has 0 fully saturated rings. The third-order valence-electron chi connectivity index (χ3n) is 2.25. The molecular formula is C11H7BrClNO2. The van der Waals surface area contributed by atoms with Crippen LogP contribution in [0.25, 0.3) is 0 Å². The smallest absolute Gasteiger partial charge is 0.261 e. The van der Waals surface area contributed by atoms with Gasteiger partial charge in [-0.2, -0.15) is 0 Å². The van der Waals surface area contributed by atoms with E-state index in [2.05, 4.69) is 15.9 Å². The maximum atomic E-state index is 11.8. The Morgan fingerprint density at radius 1 is 1.31 bits per heavy atom. The maximum absolute atomic E-state index is 11.8. The van der Waals surface area contributed by atoms with E-state index in [-0.39, 0.29) is 11.8 Å². The van der Waals surface area contributed by atoms with E-state index in [1.165, 1.54) is 6.08 Å². The number of imide groups is 1. The van der Waals surface area contributed by atoms with Gasteiger partial charge in [0.15, 0.2) is 0 Å². The molecule has 82 valence electrons. The van der Waals surface area contributed by atoms with Gasteiger partial charge in [0.1, 0.15) is 0 Å². The van der Waals surface area contributed by atoms with Crippen molar-refractivity contribution in [2.45, 2.75) is 6.92 Å². The van der Waals surface area contributed by atoms with E-state index < -0.39 is 0 Å². The Bertz CT molecular complexity index is 525. The molecule has 2 rings (SSSR count). The average molecular weight is 301 g/mol. The third-order valence-corrected chi connectivity index (χ3v) is 3.16. The number of rotatable bonds is 1. The van der Waals surface area contributed by atoms with Crippen molar-refractivity contribution in [3.05, 3.63) is 39.3 Å². The molecule has 0 radical (unpaired) electrons. The van der Waals surface area contributed by atoms with Gasteiger partial charge in [-0.3, -0.25) is 9.59 Å². The van der Waals surface area contributed by atoms with Crippen LogP contribution in [0.5, 0.6) is 0 Å². The summed E-state index contributed by atoms with van der Waals surface area (Å²) in [7, 11) is 0. The Morgan fingerprint density at radius 3 is 2.56 bits per heavy atom. The number of hydrogen-bond donors (Lipinski definition) is 0. The summed E-state index contributed by atoms with van der Waals surface area (Å²) < 4.78 is 0.654. The monoisotopic (exact) mass is 299 g/mol. The minimum absolute atomic E-state index is 0.312. The van der Waals surface area contributed by atoms with Crippen molar-refractivity contribution in [2.24, 2.45) is 0 Å². The van der Waals surface area contributed by atoms with Gasteiger partial charge in [-0.25, -0.2) is 4.90 Å². The summed E-state index contributed by atoms with van der Waals surface area (Å²) >= 11 is 9.13. The maximum Gasteiger partial charge on any atom is 0.261 e. The van der Waals surface area contributed by atoms with Crippen LogP contribution < -0.4 is 4.90 Å². The molecule has 0 aromatic heterocycles. The van der Waals surface area contributed by atoms with Gasteiger partial charge in [0.25, 0.3) is 11.8 Å². The molecule has 2 amide bonds. The molecule has 1 heterocycles. The van der Waals surface area contributed by atoms with Crippen molar-refractivity contribution < 1.29 is 9.59 Å². The molecule has 16 heavy (non-hydrogen) atoms. The van der Waals surface area contributed by atoms with E-state index in [0.717, 1.165) is 4.90 Å². The lowest BCUT2D eigenvalue weighted by Gasteiger charge is -2.16. The second-order valence-electron chi connectivity index (χ2n) is 3.40. The van der Waals surface area contributed by atoms with Crippen molar-refractivity contribution in [1.82, 2.24) is 0 Å². The van der Waals surface area contributed by atoms with Gasteiger partial charge in [-0.05, 0) is 41.1 Å². The van der Waals surface area contributed by atoms with Gasteiger partial charge in [0.2, 0.25) is 0 Å². The molecule has 1 aromatic carbocycles. The topological polar surface area (TPSA) is 37.4 Å². The summed E-state index contributed by atoms with van der Waals surface area (Å²) in [4.78, 5) is 24.5. The van der Waals surface area contributed by atoms with Crippen LogP contribution >= 0.6 is 27.5 Å². The van der Waals surface area contributed by atoms with Crippen LogP contribution in [-0.2, 0) is 9.59 Å². The summed E-state index contributed by atoms with van der Waals surface area (Å²) in [6.45, 7) is 1.61. The van der Waals surface area contributed by atoms with E-state index in [4.69, 9.17) is 11.6 Å². The molecule has 0 spiro atoms. The Kier molecular flexibility index (Phi) is 2.86. The summed E-state index contributed by atoms with van der Waals surface area (Å²) in [5, 5.41) is 0.475. The molecule has 5 heteroatoms. The van der Waals surface area contributed by atoms with Crippen LogP contribution in [-0.4, -0.2) is 11.8 Å². The molecule has 0 N–H and O–H groups in total. The largest absolute Gasteiger partial charge is 0.269 e. The molecule has 0 saturated heterocycles. The van der Waals surface area contributed by atoms with Crippen molar-refractivity contribution in [2.75, 3.05) is 4.90 Å². The zero-order chi connectivity index (χ0) is 11.9. The minimum Gasteiger partial charge on any atom is -0.269 e. The predicted molar refractivity (Wildman–Crippen MR) is 65.4 cm³/mol. The van der Waals surface area contributed by atoms with Crippen molar-refractivity contribution in [3.63, 3.8) is 0 Å². The lowest BCUT2D eigenvalue weighted by molar-refractivity contribution is -0.120. The van der Waals surface area contributed by atoms with Crippen LogP contribution in [0.1, 0.15) is 6.92 Å². The molecule has 0 aliphatic carbocycles. The standard InChI is InChI=1S/C11H7BrClNO2/c1-6-4-10(15)14(11(6)16)9-5-7(13)2-3-8(9)12/h2-5H,1H3. The summed E-state index contributed by atoms with van der Waals surface area (Å²) in [6, 6.07) is 4.96. The van der Waals surface area contributed by atoms with E-state index in [1.54, 1.807) is 25.1 Å². The van der Waals surface area contributed by atoms with Gasteiger partial charge in [-0.1, -0.05) is 11.6 Å².